The standard InChI is InChI=1S/C51H96O5Si3/c1-35(2)57(36(3)4,37(5)6)54-46(31-30-45-27-23-21-24-28-45)32-33-48-47(29-25-20-22-26-44(19)51(52)53)49(55-58(38(7)8,39(9)10)40(11)12)34-50(48)56-59(41(13)14,42(15)16)43(17)18/h20-21,23-25,27-28,35-44,46-50H,22,26,29-34H2,1-19H3,(H,52,53)/b25-20-/t44?,46?,47-,48-,49+,50-/m1/s1. The largest absolute Gasteiger partial charge is 0.481 e. The minimum Gasteiger partial charge on any atom is -0.481 e. The Morgan fingerprint density at radius 3 is 1.42 bits per heavy atom. The number of carbonyl (C=O) groups is 1. The van der Waals surface area contributed by atoms with Crippen LogP contribution in [-0.4, -0.2) is 54.3 Å². The van der Waals surface area contributed by atoms with Gasteiger partial charge in [0.15, 0.2) is 0 Å². The number of rotatable bonds is 27. The zero-order chi connectivity index (χ0) is 45.0. The second-order valence-electron chi connectivity index (χ2n) is 21.7. The molecule has 1 N–H and O–H groups in total. The average molecular weight is 874 g/mol. The molecule has 1 aromatic carbocycles. The van der Waals surface area contributed by atoms with Gasteiger partial charge in [0.2, 0.25) is 25.0 Å². The highest BCUT2D eigenvalue weighted by Gasteiger charge is 2.55. The van der Waals surface area contributed by atoms with Gasteiger partial charge in [0.25, 0.3) is 0 Å². The van der Waals surface area contributed by atoms with Crippen molar-refractivity contribution in [1.29, 1.82) is 0 Å². The summed E-state index contributed by atoms with van der Waals surface area (Å²) in [6.07, 6.45) is 12.6. The van der Waals surface area contributed by atoms with E-state index in [1.54, 1.807) is 0 Å². The second-order valence-corrected chi connectivity index (χ2v) is 37.9. The predicted molar refractivity (Wildman–Crippen MR) is 263 cm³/mol. The van der Waals surface area contributed by atoms with Crippen LogP contribution in [0.25, 0.3) is 0 Å². The minimum atomic E-state index is -2.23. The maximum atomic E-state index is 11.6. The summed E-state index contributed by atoms with van der Waals surface area (Å²) in [5.74, 6) is -0.377. The van der Waals surface area contributed by atoms with Gasteiger partial charge in [0, 0.05) is 6.10 Å². The van der Waals surface area contributed by atoms with Gasteiger partial charge in [-0.3, -0.25) is 4.79 Å². The number of aliphatic carboxylic acids is 1. The number of benzene rings is 1. The molecular formula is C51H96O5Si3. The molecule has 0 spiro atoms. The van der Waals surface area contributed by atoms with Crippen molar-refractivity contribution in [2.24, 2.45) is 17.8 Å². The van der Waals surface area contributed by atoms with Crippen molar-refractivity contribution in [3.8, 4) is 0 Å². The minimum absolute atomic E-state index is 0.129. The molecule has 2 rings (SSSR count). The fourth-order valence-electron chi connectivity index (χ4n) is 12.6. The topological polar surface area (TPSA) is 65.0 Å². The van der Waals surface area contributed by atoms with E-state index in [1.807, 2.05) is 6.92 Å². The fourth-order valence-corrected chi connectivity index (χ4v) is 29.5. The maximum absolute atomic E-state index is 11.6. The van der Waals surface area contributed by atoms with Crippen LogP contribution in [0.15, 0.2) is 42.5 Å². The van der Waals surface area contributed by atoms with E-state index in [4.69, 9.17) is 13.3 Å². The number of allylic oxidation sites excluding steroid dienone is 2. The first-order chi connectivity index (χ1) is 27.4. The molecule has 1 aromatic rings. The quantitative estimate of drug-likeness (QED) is 0.0705. The first-order valence-corrected chi connectivity index (χ1v) is 30.8. The lowest BCUT2D eigenvalue weighted by Crippen LogP contribution is -2.51. The molecule has 5 nitrogen and oxygen atoms in total. The summed E-state index contributed by atoms with van der Waals surface area (Å²) >= 11 is 0. The molecule has 8 heteroatoms. The summed E-state index contributed by atoms with van der Waals surface area (Å²) in [5, 5.41) is 9.57. The van der Waals surface area contributed by atoms with Gasteiger partial charge in [0.1, 0.15) is 0 Å². The van der Waals surface area contributed by atoms with Crippen molar-refractivity contribution in [3.05, 3.63) is 48.0 Å². The third-order valence-electron chi connectivity index (χ3n) is 15.4. The van der Waals surface area contributed by atoms with E-state index in [2.05, 4.69) is 167 Å². The second kappa shape index (κ2) is 24.1. The van der Waals surface area contributed by atoms with Crippen molar-refractivity contribution in [3.63, 3.8) is 0 Å². The molecule has 0 radical (unpaired) electrons. The average Bonchev–Trinajstić information content (AvgIpc) is 3.45. The molecule has 1 aliphatic carbocycles. The monoisotopic (exact) mass is 873 g/mol. The Morgan fingerprint density at radius 1 is 0.593 bits per heavy atom. The summed E-state index contributed by atoms with van der Waals surface area (Å²) in [5.41, 5.74) is 5.99. The SMILES string of the molecule is CC(CC/C=C\C[C@@H]1[C@@H](CCC(CCc2ccccc2)O[Si](C(C)C)(C(C)C)C(C)C)[C@H](O[Si](C(C)C)(C(C)C)C(C)C)C[C@@H]1O[Si](C(C)C)(C(C)C)C(C)C)C(=O)O. The Labute approximate surface area is 369 Å². The number of aryl methyl sites for hydroxylation is 1. The third kappa shape index (κ3) is 13.2. The van der Waals surface area contributed by atoms with E-state index < -0.39 is 30.9 Å². The summed E-state index contributed by atoms with van der Waals surface area (Å²) in [4.78, 5) is 11.6. The molecule has 0 bridgehead atoms. The van der Waals surface area contributed by atoms with Gasteiger partial charge in [-0.05, 0) is 119 Å². The van der Waals surface area contributed by atoms with E-state index in [9.17, 15) is 9.90 Å². The molecule has 1 saturated carbocycles. The first-order valence-electron chi connectivity index (χ1n) is 24.4. The van der Waals surface area contributed by atoms with Gasteiger partial charge < -0.3 is 18.4 Å². The van der Waals surface area contributed by atoms with Gasteiger partial charge >= 0.3 is 5.97 Å². The van der Waals surface area contributed by atoms with Crippen molar-refractivity contribution >= 4 is 30.9 Å². The van der Waals surface area contributed by atoms with Crippen LogP contribution in [0.2, 0.25) is 49.9 Å². The number of carboxylic acids is 1. The maximum Gasteiger partial charge on any atom is 0.306 e. The Kier molecular flexibility index (Phi) is 22.1. The van der Waals surface area contributed by atoms with Crippen LogP contribution in [-0.2, 0) is 24.5 Å². The predicted octanol–water partition coefficient (Wildman–Crippen LogP) is 16.2. The summed E-state index contributed by atoms with van der Waals surface area (Å²) in [6.45, 7) is 45.4. The Balaban J connectivity index is 2.80. The highest BCUT2D eigenvalue weighted by Crippen LogP contribution is 2.53. The molecule has 1 aliphatic rings. The molecule has 1 fully saturated rings. The van der Waals surface area contributed by atoms with Crippen LogP contribution in [0.4, 0.5) is 0 Å². The highest BCUT2D eigenvalue weighted by atomic mass is 28.4. The van der Waals surface area contributed by atoms with E-state index in [0.717, 1.165) is 44.9 Å². The van der Waals surface area contributed by atoms with E-state index >= 15 is 0 Å². The Bertz CT molecular complexity index is 1310. The molecule has 0 saturated heterocycles. The number of hydrogen-bond acceptors (Lipinski definition) is 4. The lowest BCUT2D eigenvalue weighted by Gasteiger charge is -2.46. The van der Waals surface area contributed by atoms with E-state index in [1.165, 1.54) is 5.56 Å². The number of carboxylic acid groups (broad SMARTS) is 1. The fraction of sp³-hybridized carbons (Fsp3) is 0.824. The van der Waals surface area contributed by atoms with Crippen LogP contribution in [0.1, 0.15) is 182 Å². The lowest BCUT2D eigenvalue weighted by atomic mass is 9.85. The molecule has 0 aromatic heterocycles. The van der Waals surface area contributed by atoms with Crippen LogP contribution < -0.4 is 0 Å². The van der Waals surface area contributed by atoms with Crippen molar-refractivity contribution in [2.75, 3.05) is 0 Å². The molecule has 0 aliphatic heterocycles. The first kappa shape index (κ1) is 54.1. The van der Waals surface area contributed by atoms with Crippen molar-refractivity contribution in [2.45, 2.75) is 251 Å². The van der Waals surface area contributed by atoms with Gasteiger partial charge in [-0.25, -0.2) is 0 Å². The zero-order valence-corrected chi connectivity index (χ0v) is 44.9. The van der Waals surface area contributed by atoms with Gasteiger partial charge in [-0.1, -0.05) is 174 Å². The van der Waals surface area contributed by atoms with E-state index in [0.29, 0.717) is 68.1 Å². The van der Waals surface area contributed by atoms with Crippen LogP contribution >= 0.6 is 0 Å². The molecule has 59 heavy (non-hydrogen) atoms. The van der Waals surface area contributed by atoms with E-state index in [-0.39, 0.29) is 24.2 Å². The van der Waals surface area contributed by atoms with Crippen LogP contribution in [0, 0.1) is 17.8 Å². The van der Waals surface area contributed by atoms with Gasteiger partial charge in [-0.15, -0.1) is 0 Å². The lowest BCUT2D eigenvalue weighted by molar-refractivity contribution is -0.141. The zero-order valence-electron chi connectivity index (χ0n) is 41.9. The molecule has 2 unspecified atom stereocenters. The van der Waals surface area contributed by atoms with Crippen molar-refractivity contribution in [1.82, 2.24) is 0 Å². The molecule has 342 valence electrons. The third-order valence-corrected chi connectivity index (χ3v) is 33.8. The highest BCUT2D eigenvalue weighted by molar-refractivity contribution is 6.78. The Morgan fingerprint density at radius 2 is 1.02 bits per heavy atom. The summed E-state index contributed by atoms with van der Waals surface area (Å²) in [6, 6.07) is 11.0. The summed E-state index contributed by atoms with van der Waals surface area (Å²) in [7, 11) is -6.59. The van der Waals surface area contributed by atoms with Gasteiger partial charge in [-0.2, -0.15) is 0 Å². The van der Waals surface area contributed by atoms with Crippen LogP contribution in [0.3, 0.4) is 0 Å². The number of hydrogen-bond donors (Lipinski definition) is 1. The molecular weight excluding hydrogens is 777 g/mol. The normalized spacial score (nSPS) is 21.0. The molecule has 0 heterocycles. The van der Waals surface area contributed by atoms with Gasteiger partial charge in [0.05, 0.1) is 18.1 Å². The smallest absolute Gasteiger partial charge is 0.306 e. The van der Waals surface area contributed by atoms with Crippen LogP contribution in [0.5, 0.6) is 0 Å². The van der Waals surface area contributed by atoms with Crippen molar-refractivity contribution < 1.29 is 23.2 Å². The Hall–Kier alpha value is -1.04. The summed E-state index contributed by atoms with van der Waals surface area (Å²) < 4.78 is 23.6. The molecule has 0 amide bonds. The molecule has 6 atom stereocenters.